The first-order chi connectivity index (χ1) is 23.2. The van der Waals surface area contributed by atoms with Gasteiger partial charge in [0.05, 0.1) is 29.7 Å². The maximum absolute atomic E-state index is 17.0. The number of hydrogen-bond donors (Lipinski definition) is 2. The first-order valence-corrected chi connectivity index (χ1v) is 17.1. The number of halogens is 3. The van der Waals surface area contributed by atoms with Crippen molar-refractivity contribution in [1.82, 2.24) is 19.9 Å². The zero-order chi connectivity index (χ0) is 32.6. The maximum atomic E-state index is 17.0. The van der Waals surface area contributed by atoms with Crippen LogP contribution in [-0.4, -0.2) is 93.4 Å². The molecule has 6 atom stereocenters. The molecule has 11 rings (SSSR count). The Morgan fingerprint density at radius 1 is 1.15 bits per heavy atom. The molecule has 1 spiro atoms. The molecule has 0 amide bonds. The van der Waals surface area contributed by atoms with Gasteiger partial charge in [0.25, 0.3) is 0 Å². The van der Waals surface area contributed by atoms with Gasteiger partial charge in [-0.05, 0) is 84.5 Å². The van der Waals surface area contributed by atoms with Crippen molar-refractivity contribution in [2.75, 3.05) is 50.9 Å². The summed E-state index contributed by atoms with van der Waals surface area (Å²) in [5, 5.41) is 23.7. The number of fused-ring (bicyclic) bond motifs is 6. The van der Waals surface area contributed by atoms with Crippen LogP contribution < -0.4 is 9.64 Å². The summed E-state index contributed by atoms with van der Waals surface area (Å²) < 4.78 is 59.4. The lowest BCUT2D eigenvalue weighted by Gasteiger charge is -2.45. The highest BCUT2D eigenvalue weighted by Crippen LogP contribution is 2.79. The number of pyridine rings is 1. The zero-order valence-corrected chi connectivity index (χ0v) is 26.4. The van der Waals surface area contributed by atoms with Gasteiger partial charge in [-0.15, -0.1) is 0 Å². The number of aromatic hydroxyl groups is 1. The molecule has 2 N–H and O–H groups in total. The summed E-state index contributed by atoms with van der Waals surface area (Å²) in [6.45, 7) is 3.02. The lowest BCUT2D eigenvalue weighted by Crippen LogP contribution is -2.53. The van der Waals surface area contributed by atoms with Crippen LogP contribution >= 0.6 is 0 Å². The summed E-state index contributed by atoms with van der Waals surface area (Å²) in [6.07, 6.45) is 4.39. The van der Waals surface area contributed by atoms with Gasteiger partial charge in [-0.3, -0.25) is 9.88 Å². The topological polar surface area (TPSA) is 104 Å². The van der Waals surface area contributed by atoms with Gasteiger partial charge < -0.3 is 24.6 Å². The molecule has 2 aromatic heterocycles. The fraction of sp³-hybridized carbons (Fsp3) is 0.528. The van der Waals surface area contributed by atoms with Crippen molar-refractivity contribution >= 4 is 27.5 Å². The number of aromatic nitrogens is 3. The van der Waals surface area contributed by atoms with Gasteiger partial charge in [-0.1, -0.05) is 6.07 Å². The quantitative estimate of drug-likeness (QED) is 0.317. The molecule has 7 bridgehead atoms. The van der Waals surface area contributed by atoms with Crippen molar-refractivity contribution in [3.63, 3.8) is 0 Å². The second-order valence-corrected chi connectivity index (χ2v) is 15.1. The lowest BCUT2D eigenvalue weighted by atomic mass is 9.70. The summed E-state index contributed by atoms with van der Waals surface area (Å²) in [6, 6.07) is 5.80. The minimum Gasteiger partial charge on any atom is -0.508 e. The van der Waals surface area contributed by atoms with Gasteiger partial charge in [0, 0.05) is 43.7 Å². The zero-order valence-electron chi connectivity index (χ0n) is 26.4. The molecule has 4 aromatic rings. The van der Waals surface area contributed by atoms with E-state index in [9.17, 15) is 14.6 Å². The Bertz CT molecular complexity index is 2030. The molecule has 2 unspecified atom stereocenters. The number of piperidine rings is 1. The summed E-state index contributed by atoms with van der Waals surface area (Å²) in [4.78, 5) is 18.3. The number of ether oxygens (including phenoxy) is 2. The van der Waals surface area contributed by atoms with Crippen molar-refractivity contribution in [1.29, 1.82) is 0 Å². The number of phenols is 1. The predicted molar refractivity (Wildman–Crippen MR) is 171 cm³/mol. The van der Waals surface area contributed by atoms with E-state index < -0.39 is 28.9 Å². The summed E-state index contributed by atoms with van der Waals surface area (Å²) >= 11 is 0. The molecule has 48 heavy (non-hydrogen) atoms. The predicted octanol–water partition coefficient (Wildman–Crippen LogP) is 4.93. The fourth-order valence-corrected chi connectivity index (χ4v) is 10.6. The first kappa shape index (κ1) is 29.2. The van der Waals surface area contributed by atoms with Crippen molar-refractivity contribution in [2.24, 2.45) is 17.3 Å². The molecule has 5 aliphatic heterocycles. The molecule has 0 radical (unpaired) electrons. The Kier molecular flexibility index (Phi) is 6.03. The van der Waals surface area contributed by atoms with Crippen molar-refractivity contribution in [3.05, 3.63) is 47.7 Å². The number of benzene rings is 2. The number of phenolic OH excluding ortho intramolecular Hbond substituents is 1. The standard InChI is InChI=1S/C36H36F3N5O4/c37-20-12-34(6-1-7-44(34)14-20)17-48-33-41-30-24-13-40-29(28(30)39)23-11-21(45)10-19-2-3-26(38)22(27(19)23)5-9-47-18-36(46)15-35-16-43(32(24)42-33)8-4-25(35)31(35)36/h2-3,10-11,13,20,25,31,45-46H,1,4-9,12,14-18H2/t20-,25?,31?,34+,35+,36+/m1/s1. The van der Waals surface area contributed by atoms with Crippen molar-refractivity contribution in [3.8, 4) is 23.0 Å². The molecule has 5 fully saturated rings. The van der Waals surface area contributed by atoms with Crippen LogP contribution in [0.1, 0.15) is 37.7 Å². The van der Waals surface area contributed by atoms with E-state index in [1.54, 1.807) is 12.3 Å². The normalized spacial score (nSPS) is 33.7. The van der Waals surface area contributed by atoms with Crippen LogP contribution in [0.5, 0.6) is 11.8 Å². The average Bonchev–Trinajstić information content (AvgIpc) is 3.23. The van der Waals surface area contributed by atoms with E-state index in [0.29, 0.717) is 65.9 Å². The van der Waals surface area contributed by atoms with E-state index in [-0.39, 0.29) is 66.1 Å². The summed E-state index contributed by atoms with van der Waals surface area (Å²) in [5.74, 6) is -0.370. The average molecular weight is 660 g/mol. The van der Waals surface area contributed by atoms with Gasteiger partial charge in [0.2, 0.25) is 0 Å². The number of anilines is 1. The maximum Gasteiger partial charge on any atom is 0.319 e. The van der Waals surface area contributed by atoms with Crippen LogP contribution in [-0.2, 0) is 11.2 Å². The number of alkyl halides is 1. The van der Waals surface area contributed by atoms with Crippen LogP contribution in [0.25, 0.3) is 32.9 Å². The van der Waals surface area contributed by atoms with Gasteiger partial charge >= 0.3 is 6.01 Å². The third-order valence-corrected chi connectivity index (χ3v) is 12.5. The Morgan fingerprint density at radius 3 is 2.94 bits per heavy atom. The van der Waals surface area contributed by atoms with Crippen molar-refractivity contribution < 1.29 is 32.9 Å². The van der Waals surface area contributed by atoms with Gasteiger partial charge in [0.1, 0.15) is 41.4 Å². The number of hydrogen-bond acceptors (Lipinski definition) is 9. The van der Waals surface area contributed by atoms with Crippen molar-refractivity contribution in [2.45, 2.75) is 55.8 Å². The van der Waals surface area contributed by atoms with Gasteiger partial charge in [-0.25, -0.2) is 13.2 Å². The highest BCUT2D eigenvalue weighted by Gasteiger charge is 2.82. The molecule has 2 aliphatic carbocycles. The largest absolute Gasteiger partial charge is 0.508 e. The Labute approximate surface area is 274 Å². The fourth-order valence-electron chi connectivity index (χ4n) is 10.6. The molecule has 250 valence electrons. The van der Waals surface area contributed by atoms with E-state index in [2.05, 4.69) is 19.8 Å². The molecular formula is C36H36F3N5O4. The second-order valence-electron chi connectivity index (χ2n) is 15.1. The molecule has 7 heterocycles. The van der Waals surface area contributed by atoms with Crippen LogP contribution in [0.15, 0.2) is 30.5 Å². The Morgan fingerprint density at radius 2 is 2.04 bits per heavy atom. The van der Waals surface area contributed by atoms with E-state index >= 15 is 8.78 Å². The Hall–Kier alpha value is -3.74. The molecule has 7 aliphatic rings. The molecule has 9 nitrogen and oxygen atoms in total. The minimum atomic E-state index is -0.949. The third kappa shape index (κ3) is 3.99. The number of aliphatic hydroxyl groups is 1. The van der Waals surface area contributed by atoms with Gasteiger partial charge in [-0.2, -0.15) is 9.97 Å². The minimum absolute atomic E-state index is 0.00739. The highest BCUT2D eigenvalue weighted by molar-refractivity contribution is 6.01. The van der Waals surface area contributed by atoms with Crippen LogP contribution in [0.2, 0.25) is 0 Å². The second kappa shape index (κ2) is 9.92. The Balaban J connectivity index is 1.15. The molecule has 2 saturated carbocycles. The SMILES string of the molecule is Oc1cc2c3c(c(F)ccc3c1)CCOC[C@@]1(O)C[C@]34CN(CCC3C14)c1nc(OC[C@@]34CCCN3C[C@H](F)C4)nc3c(F)c-2ncc13. The van der Waals surface area contributed by atoms with Crippen LogP contribution in [0.3, 0.4) is 0 Å². The van der Waals surface area contributed by atoms with E-state index in [4.69, 9.17) is 14.5 Å². The lowest BCUT2D eigenvalue weighted by molar-refractivity contribution is -0.128. The summed E-state index contributed by atoms with van der Waals surface area (Å²) in [7, 11) is 0. The van der Waals surface area contributed by atoms with Crippen LogP contribution in [0.4, 0.5) is 19.0 Å². The summed E-state index contributed by atoms with van der Waals surface area (Å²) in [5.41, 5.74) is -0.996. The van der Waals surface area contributed by atoms with Gasteiger partial charge in [0.15, 0.2) is 5.82 Å². The third-order valence-electron chi connectivity index (χ3n) is 12.5. The van der Waals surface area contributed by atoms with E-state index in [1.165, 1.54) is 18.2 Å². The van der Waals surface area contributed by atoms with Crippen LogP contribution in [0, 0.1) is 28.9 Å². The smallest absolute Gasteiger partial charge is 0.319 e. The molecule has 12 heteroatoms. The molecular weight excluding hydrogens is 623 g/mol. The molecule has 3 saturated heterocycles. The highest BCUT2D eigenvalue weighted by atomic mass is 19.1. The monoisotopic (exact) mass is 659 g/mol. The number of rotatable bonds is 3. The van der Waals surface area contributed by atoms with E-state index in [1.807, 2.05) is 0 Å². The van der Waals surface area contributed by atoms with E-state index in [0.717, 1.165) is 25.8 Å². The molecule has 2 aromatic carbocycles. The first-order valence-electron chi connectivity index (χ1n) is 17.1. The number of nitrogens with zero attached hydrogens (tertiary/aromatic N) is 5.